The van der Waals surface area contributed by atoms with E-state index in [9.17, 15) is 14.9 Å². The lowest BCUT2D eigenvalue weighted by Gasteiger charge is -2.39. The first kappa shape index (κ1) is 47.6. The number of H-pyrrole nitrogens is 1. The molecule has 0 aliphatic carbocycles. The summed E-state index contributed by atoms with van der Waals surface area (Å²) < 4.78 is 54.4. The van der Waals surface area contributed by atoms with Crippen molar-refractivity contribution in [2.75, 3.05) is 61.9 Å². The summed E-state index contributed by atoms with van der Waals surface area (Å²) in [4.78, 5) is 31.2. The quantitative estimate of drug-likeness (QED) is 0.0510. The second-order valence-corrected chi connectivity index (χ2v) is 16.8. The van der Waals surface area contributed by atoms with Gasteiger partial charge in [0.1, 0.15) is 35.4 Å². The number of hydrogen-bond acceptors (Lipinski definition) is 13. The maximum absolute atomic E-state index is 13.8. The largest absolute Gasteiger partial charge is 0.497 e. The molecule has 5 atom stereocenters. The van der Waals surface area contributed by atoms with Gasteiger partial charge >= 0.3 is 5.69 Å². The highest BCUT2D eigenvalue weighted by molar-refractivity contribution is 7.44. The fourth-order valence-electron chi connectivity index (χ4n) is 7.49. The molecule has 3 aromatic carbocycles. The first-order valence-electron chi connectivity index (χ1n) is 20.4. The van der Waals surface area contributed by atoms with E-state index in [1.54, 1.807) is 21.3 Å². The van der Waals surface area contributed by atoms with Crippen LogP contribution in [0, 0.1) is 11.3 Å². The lowest BCUT2D eigenvalue weighted by Crippen LogP contribution is -2.44. The monoisotopic (exact) mass is 861 g/mol. The summed E-state index contributed by atoms with van der Waals surface area (Å²) in [5.74, 6) is 1.35. The minimum absolute atomic E-state index is 0.0137. The van der Waals surface area contributed by atoms with Gasteiger partial charge in [0.25, 0.3) is 14.1 Å². The number of rotatable bonds is 23. The molecule has 4 aromatic rings. The maximum atomic E-state index is 13.8. The van der Waals surface area contributed by atoms with Crippen LogP contribution in [0.5, 0.6) is 11.5 Å². The van der Waals surface area contributed by atoms with Crippen molar-refractivity contribution in [3.8, 4) is 17.6 Å². The van der Waals surface area contributed by atoms with E-state index in [-0.39, 0.29) is 51.5 Å². The summed E-state index contributed by atoms with van der Waals surface area (Å²) in [5, 5.41) is 9.47. The molecule has 15 nitrogen and oxygen atoms in total. The zero-order valence-electron chi connectivity index (χ0n) is 36.6. The Labute approximate surface area is 360 Å². The van der Waals surface area contributed by atoms with Gasteiger partial charge in [0.05, 0.1) is 53.1 Å². The Kier molecular flexibility index (Phi) is 17.6. The lowest BCUT2D eigenvalue weighted by atomic mass is 9.80. The summed E-state index contributed by atoms with van der Waals surface area (Å²) in [6.45, 7) is 8.91. The van der Waals surface area contributed by atoms with Crippen molar-refractivity contribution in [3.05, 3.63) is 128 Å². The molecule has 5 rings (SSSR count). The highest BCUT2D eigenvalue weighted by atomic mass is 31.2. The van der Waals surface area contributed by atoms with Crippen molar-refractivity contribution in [1.29, 1.82) is 5.26 Å². The van der Waals surface area contributed by atoms with E-state index in [1.807, 2.05) is 97.9 Å². The number of benzene rings is 3. The molecule has 1 fully saturated rings. The average Bonchev–Trinajstić information content (AvgIpc) is 3.58. The van der Waals surface area contributed by atoms with Crippen LogP contribution in [0.1, 0.15) is 62.6 Å². The normalized spacial score (nSPS) is 18.6. The smallest absolute Gasteiger partial charge is 0.330 e. The summed E-state index contributed by atoms with van der Waals surface area (Å²) in [6.07, 6.45) is -2.15. The van der Waals surface area contributed by atoms with Crippen LogP contribution < -0.4 is 20.7 Å². The maximum Gasteiger partial charge on any atom is 0.330 e. The Morgan fingerprint density at radius 2 is 1.43 bits per heavy atom. The summed E-state index contributed by atoms with van der Waals surface area (Å²) in [5.41, 5.74) is 0.418. The fourth-order valence-corrected chi connectivity index (χ4v) is 9.26. The average molecular weight is 862 g/mol. The molecular formula is C45H60N5O10P. The van der Waals surface area contributed by atoms with Crippen molar-refractivity contribution >= 4 is 8.53 Å². The standard InChI is InChI=1S/C45H60N5O10P/c1-31(2)50(32(3)4)61(58-25-13-24-46)60-40-39(59-43(41(40)56-27-26-53-7)49-29-33(28-48(5)6)42(51)47-44(49)52)30-57-45(34-14-11-10-12-15-34,35-16-20-37(54-8)21-17-35)36-18-22-38(55-9)23-19-36/h10-12,14-23,29,31-32,39-41,43H,13,25-28,30H2,1-9H3,(H,47,51,52)/t39-,40-,41-,43-,61?/m1/s1. The van der Waals surface area contributed by atoms with E-state index >= 15 is 0 Å². The third-order valence-electron chi connectivity index (χ3n) is 10.2. The first-order chi connectivity index (χ1) is 29.4. The predicted molar refractivity (Wildman–Crippen MR) is 233 cm³/mol. The summed E-state index contributed by atoms with van der Waals surface area (Å²) >= 11 is 0. The van der Waals surface area contributed by atoms with Gasteiger partial charge in [-0.3, -0.25) is 14.3 Å². The molecule has 1 aliphatic heterocycles. The minimum atomic E-state index is -1.84. The Balaban J connectivity index is 1.71. The Bertz CT molecular complexity index is 2050. The fraction of sp³-hybridized carbons (Fsp3) is 0.489. The predicted octanol–water partition coefficient (Wildman–Crippen LogP) is 6.21. The summed E-state index contributed by atoms with van der Waals surface area (Å²) in [7, 11) is 6.64. The SMILES string of the molecule is COCCO[C@@H]1[C@H](OP(OCCC#N)N(C(C)C)C(C)C)[C@@H](COC(c2ccccc2)(c2ccc(OC)cc2)c2ccc(OC)cc2)O[C@H]1n1cc(CN(C)C)c(=O)[nH]c1=O. The van der Waals surface area contributed by atoms with Crippen LogP contribution in [0.3, 0.4) is 0 Å². The Morgan fingerprint density at radius 3 is 1.95 bits per heavy atom. The third kappa shape index (κ3) is 11.5. The molecule has 0 saturated carbocycles. The second-order valence-electron chi connectivity index (χ2n) is 15.4. The number of methoxy groups -OCH3 is 3. The van der Waals surface area contributed by atoms with E-state index in [0.29, 0.717) is 17.1 Å². The number of aromatic amines is 1. The lowest BCUT2D eigenvalue weighted by molar-refractivity contribution is -0.0992. The van der Waals surface area contributed by atoms with Crippen LogP contribution in [-0.4, -0.2) is 111 Å². The number of nitrogens with zero attached hydrogens (tertiary/aromatic N) is 4. The molecule has 1 aromatic heterocycles. The molecule has 1 aliphatic rings. The van der Waals surface area contributed by atoms with Gasteiger partial charge < -0.3 is 42.4 Å². The molecule has 0 spiro atoms. The van der Waals surface area contributed by atoms with Crippen LogP contribution in [0.15, 0.2) is 94.6 Å². The number of aromatic nitrogens is 2. The minimum Gasteiger partial charge on any atom is -0.497 e. The molecule has 2 heterocycles. The van der Waals surface area contributed by atoms with Gasteiger partial charge in [0.2, 0.25) is 0 Å². The zero-order chi connectivity index (χ0) is 44.1. The van der Waals surface area contributed by atoms with E-state index < -0.39 is 49.9 Å². The van der Waals surface area contributed by atoms with E-state index in [0.717, 1.165) is 16.7 Å². The molecule has 1 unspecified atom stereocenters. The first-order valence-corrected chi connectivity index (χ1v) is 21.5. The molecular weight excluding hydrogens is 801 g/mol. The van der Waals surface area contributed by atoms with E-state index in [2.05, 4.69) is 43.4 Å². The van der Waals surface area contributed by atoms with E-state index in [4.69, 9.17) is 37.5 Å². The molecule has 1 N–H and O–H groups in total. The van der Waals surface area contributed by atoms with Gasteiger partial charge in [-0.05, 0) is 82.7 Å². The summed E-state index contributed by atoms with van der Waals surface area (Å²) in [6, 6.07) is 27.4. The van der Waals surface area contributed by atoms with Gasteiger partial charge in [-0.1, -0.05) is 54.6 Å². The molecule has 16 heteroatoms. The number of nitrogens with one attached hydrogen (secondary N) is 1. The van der Waals surface area contributed by atoms with Crippen molar-refractivity contribution in [2.45, 2.75) is 82.9 Å². The van der Waals surface area contributed by atoms with Crippen LogP contribution in [0.2, 0.25) is 0 Å². The second kappa shape index (κ2) is 22.6. The van der Waals surface area contributed by atoms with Crippen LogP contribution in [0.4, 0.5) is 0 Å². The molecule has 0 bridgehead atoms. The molecule has 0 radical (unpaired) electrons. The van der Waals surface area contributed by atoms with Crippen LogP contribution >= 0.6 is 8.53 Å². The van der Waals surface area contributed by atoms with Crippen molar-refractivity contribution < 1.29 is 37.5 Å². The van der Waals surface area contributed by atoms with Crippen molar-refractivity contribution in [3.63, 3.8) is 0 Å². The van der Waals surface area contributed by atoms with Gasteiger partial charge in [-0.25, -0.2) is 9.46 Å². The molecule has 330 valence electrons. The topological polar surface area (TPSA) is 159 Å². The van der Waals surface area contributed by atoms with Crippen LogP contribution in [-0.2, 0) is 40.1 Å². The number of hydrogen-bond donors (Lipinski definition) is 1. The molecule has 0 amide bonds. The van der Waals surface area contributed by atoms with Gasteiger partial charge in [0.15, 0.2) is 6.23 Å². The van der Waals surface area contributed by atoms with Gasteiger partial charge in [0, 0.05) is 37.5 Å². The molecule has 61 heavy (non-hydrogen) atoms. The Hall–Kier alpha value is -4.46. The third-order valence-corrected chi connectivity index (χ3v) is 12.3. The van der Waals surface area contributed by atoms with Crippen molar-refractivity contribution in [2.24, 2.45) is 0 Å². The Morgan fingerprint density at radius 1 is 0.836 bits per heavy atom. The van der Waals surface area contributed by atoms with Crippen molar-refractivity contribution in [1.82, 2.24) is 19.1 Å². The van der Waals surface area contributed by atoms with Crippen LogP contribution in [0.25, 0.3) is 0 Å². The van der Waals surface area contributed by atoms with E-state index in [1.165, 1.54) is 10.8 Å². The molecule has 1 saturated heterocycles. The number of ether oxygens (including phenoxy) is 6. The van der Waals surface area contributed by atoms with Gasteiger partial charge in [-0.2, -0.15) is 5.26 Å². The van der Waals surface area contributed by atoms with Gasteiger partial charge in [-0.15, -0.1) is 0 Å². The number of nitriles is 1. The highest BCUT2D eigenvalue weighted by Crippen LogP contribution is 2.51. The zero-order valence-corrected chi connectivity index (χ0v) is 37.5. The highest BCUT2D eigenvalue weighted by Gasteiger charge is 2.51.